The predicted octanol–water partition coefficient (Wildman–Crippen LogP) is 5.01. The molecule has 228 valence electrons. The highest BCUT2D eigenvalue weighted by molar-refractivity contribution is 6.05. The van der Waals surface area contributed by atoms with Crippen LogP contribution in [-0.4, -0.2) is 73.9 Å². The summed E-state index contributed by atoms with van der Waals surface area (Å²) in [5, 5.41) is 3.70. The van der Waals surface area contributed by atoms with Crippen molar-refractivity contribution in [3.8, 4) is 11.1 Å². The Bertz CT molecular complexity index is 1710. The van der Waals surface area contributed by atoms with Gasteiger partial charge in [-0.25, -0.2) is 15.0 Å². The monoisotopic (exact) mass is 592 g/mol. The van der Waals surface area contributed by atoms with Crippen molar-refractivity contribution in [1.82, 2.24) is 29.3 Å². The molecular weight excluding hydrogens is 552 g/mol. The minimum Gasteiger partial charge on any atom is -0.383 e. The topological polar surface area (TPSA) is 122 Å². The van der Waals surface area contributed by atoms with Crippen LogP contribution in [0.15, 0.2) is 61.1 Å². The summed E-state index contributed by atoms with van der Waals surface area (Å²) in [6.07, 6.45) is 12.2. The lowest BCUT2D eigenvalue weighted by Gasteiger charge is -2.18. The first-order chi connectivity index (χ1) is 21.3. The second-order valence-electron chi connectivity index (χ2n) is 11.9. The molecule has 10 nitrogen and oxygen atoms in total. The third kappa shape index (κ3) is 6.07. The molecule has 4 aromatic rings. The van der Waals surface area contributed by atoms with E-state index in [1.165, 1.54) is 19.2 Å². The number of likely N-dealkylation sites (tertiary alicyclic amines) is 1. The number of rotatable bonds is 10. The smallest absolute Gasteiger partial charge is 0.256 e. The van der Waals surface area contributed by atoms with Crippen LogP contribution in [0.5, 0.6) is 0 Å². The van der Waals surface area contributed by atoms with Gasteiger partial charge in [-0.05, 0) is 75.0 Å². The Balaban J connectivity index is 1.22. The number of nitrogens with two attached hydrogens (primary N) is 1. The predicted molar refractivity (Wildman–Crippen MR) is 173 cm³/mol. The van der Waals surface area contributed by atoms with Crippen molar-refractivity contribution < 1.29 is 9.59 Å². The highest BCUT2D eigenvalue weighted by Gasteiger charge is 2.31. The zero-order valence-corrected chi connectivity index (χ0v) is 25.7. The number of fused-ring (bicyclic) bond motifs is 1. The van der Waals surface area contributed by atoms with E-state index in [4.69, 9.17) is 5.73 Å². The van der Waals surface area contributed by atoms with Crippen molar-refractivity contribution in [3.63, 3.8) is 0 Å². The van der Waals surface area contributed by atoms with Crippen LogP contribution in [0.1, 0.15) is 60.3 Å². The molecule has 44 heavy (non-hydrogen) atoms. The molecule has 10 heteroatoms. The van der Waals surface area contributed by atoms with E-state index in [9.17, 15) is 9.59 Å². The van der Waals surface area contributed by atoms with Gasteiger partial charge in [0.2, 0.25) is 5.91 Å². The van der Waals surface area contributed by atoms with Gasteiger partial charge in [0.05, 0.1) is 11.4 Å². The number of likely N-dealkylation sites (N-methyl/N-ethyl adjacent to an activating group) is 1. The number of nitrogens with one attached hydrogen (secondary N) is 1. The molecule has 6 rings (SSSR count). The molecular formula is C34H40N8O2. The molecule has 1 saturated carbocycles. The van der Waals surface area contributed by atoms with Gasteiger partial charge in [-0.2, -0.15) is 0 Å². The maximum atomic E-state index is 13.0. The lowest BCUT2D eigenvalue weighted by molar-refractivity contribution is -0.125. The zero-order valence-electron chi connectivity index (χ0n) is 25.7. The maximum absolute atomic E-state index is 13.0. The van der Waals surface area contributed by atoms with Crippen LogP contribution in [0.4, 0.5) is 11.6 Å². The van der Waals surface area contributed by atoms with Crippen molar-refractivity contribution in [1.29, 1.82) is 0 Å². The average Bonchev–Trinajstić information content (AvgIpc) is 3.68. The molecule has 4 heterocycles. The van der Waals surface area contributed by atoms with Crippen LogP contribution >= 0.6 is 0 Å². The Hall–Kier alpha value is -4.57. The van der Waals surface area contributed by atoms with Crippen LogP contribution in [0.3, 0.4) is 0 Å². The molecule has 1 aromatic carbocycles. The van der Waals surface area contributed by atoms with Crippen LogP contribution in [0.25, 0.3) is 22.2 Å². The fraction of sp³-hybridized carbons (Fsp3) is 0.382. The summed E-state index contributed by atoms with van der Waals surface area (Å²) in [4.78, 5) is 43.5. The summed E-state index contributed by atoms with van der Waals surface area (Å²) in [7, 11) is 2.11. The first kappa shape index (κ1) is 29.5. The number of amides is 2. The standard InChI is InChI=1S/C34H40N8O2/c1-4-6-23-14-16-36-28(19-23)39-34(44)25-10-8-24(9-11-25)30-22(2)42(33-31(30)32(35)37-21-38-33)27-15-18-41(20-27)29(43)7-5-17-40(3)26-12-13-26/h5,7-11,14,16,19,21,26-27H,4,6,12-13,15,17-18,20H2,1-3H3,(H2,35,37,38)(H,36,39,44)/b7-5+/t27-/m1/s1. The van der Waals surface area contributed by atoms with Gasteiger partial charge in [-0.3, -0.25) is 14.5 Å². The third-order valence-corrected chi connectivity index (χ3v) is 8.76. The highest BCUT2D eigenvalue weighted by Crippen LogP contribution is 2.40. The van der Waals surface area contributed by atoms with E-state index < -0.39 is 0 Å². The molecule has 2 aliphatic rings. The van der Waals surface area contributed by atoms with Crippen LogP contribution in [-0.2, 0) is 11.2 Å². The number of carbonyl (C=O) groups excluding carboxylic acids is 2. The average molecular weight is 593 g/mol. The number of anilines is 2. The van der Waals surface area contributed by atoms with Gasteiger partial charge in [0.25, 0.3) is 5.91 Å². The van der Waals surface area contributed by atoms with Crippen molar-refractivity contribution in [2.24, 2.45) is 0 Å². The Morgan fingerprint density at radius 3 is 2.66 bits per heavy atom. The van der Waals surface area contributed by atoms with E-state index in [1.807, 2.05) is 47.4 Å². The quantitative estimate of drug-likeness (QED) is 0.248. The first-order valence-corrected chi connectivity index (χ1v) is 15.5. The van der Waals surface area contributed by atoms with Crippen LogP contribution in [0.2, 0.25) is 0 Å². The molecule has 1 saturated heterocycles. The molecule has 3 N–H and O–H groups in total. The summed E-state index contributed by atoms with van der Waals surface area (Å²) in [6.45, 7) is 6.25. The number of aryl methyl sites for hydroxylation is 1. The van der Waals surface area contributed by atoms with Gasteiger partial charge >= 0.3 is 0 Å². The van der Waals surface area contributed by atoms with Crippen LogP contribution < -0.4 is 11.1 Å². The molecule has 1 atom stereocenters. The summed E-state index contributed by atoms with van der Waals surface area (Å²) in [5.74, 6) is 0.768. The van der Waals surface area contributed by atoms with Gasteiger partial charge in [0.15, 0.2) is 0 Å². The molecule has 3 aromatic heterocycles. The van der Waals surface area contributed by atoms with E-state index in [2.05, 4.69) is 50.6 Å². The Kier molecular flexibility index (Phi) is 8.43. The second kappa shape index (κ2) is 12.6. The Labute approximate surface area is 258 Å². The largest absolute Gasteiger partial charge is 0.383 e. The number of pyridine rings is 1. The number of hydrogen-bond acceptors (Lipinski definition) is 7. The van der Waals surface area contributed by atoms with Crippen molar-refractivity contribution >= 4 is 34.5 Å². The van der Waals surface area contributed by atoms with E-state index >= 15 is 0 Å². The molecule has 1 aliphatic heterocycles. The number of carbonyl (C=O) groups is 2. The van der Waals surface area contributed by atoms with E-state index in [0.29, 0.717) is 36.3 Å². The molecule has 0 radical (unpaired) electrons. The Morgan fingerprint density at radius 2 is 1.91 bits per heavy atom. The van der Waals surface area contributed by atoms with Crippen molar-refractivity contribution in [3.05, 3.63) is 77.9 Å². The fourth-order valence-electron chi connectivity index (χ4n) is 6.28. The minimum absolute atomic E-state index is 0.0429. The molecule has 2 fully saturated rings. The molecule has 0 unspecified atom stereocenters. The zero-order chi connectivity index (χ0) is 30.8. The second-order valence-corrected chi connectivity index (χ2v) is 11.9. The molecule has 0 spiro atoms. The van der Waals surface area contributed by atoms with E-state index in [-0.39, 0.29) is 17.9 Å². The van der Waals surface area contributed by atoms with E-state index in [0.717, 1.165) is 59.2 Å². The number of nitrogens with zero attached hydrogens (tertiary/aromatic N) is 6. The third-order valence-electron chi connectivity index (χ3n) is 8.76. The van der Waals surface area contributed by atoms with Gasteiger partial charge in [0.1, 0.15) is 23.6 Å². The number of hydrogen-bond donors (Lipinski definition) is 2. The summed E-state index contributed by atoms with van der Waals surface area (Å²) in [6, 6.07) is 12.1. The number of nitrogen functional groups attached to an aromatic ring is 1. The lowest BCUT2D eigenvalue weighted by atomic mass is 10.0. The first-order valence-electron chi connectivity index (χ1n) is 15.5. The Morgan fingerprint density at radius 1 is 1.11 bits per heavy atom. The van der Waals surface area contributed by atoms with Gasteiger partial charge in [0, 0.05) is 54.8 Å². The summed E-state index contributed by atoms with van der Waals surface area (Å²) in [5.41, 5.74) is 11.7. The van der Waals surface area contributed by atoms with Crippen LogP contribution in [0, 0.1) is 6.92 Å². The lowest BCUT2D eigenvalue weighted by Crippen LogP contribution is -2.28. The van der Waals surface area contributed by atoms with Gasteiger partial charge in [-0.15, -0.1) is 0 Å². The summed E-state index contributed by atoms with van der Waals surface area (Å²) >= 11 is 0. The molecule has 1 aliphatic carbocycles. The maximum Gasteiger partial charge on any atom is 0.256 e. The SMILES string of the molecule is CCCc1ccnc(NC(=O)c2ccc(-c3c(C)n([C@@H]4CCN(C(=O)/C=C/CN(C)C5CC5)C4)c4ncnc(N)c34)cc2)c1. The fourth-order valence-corrected chi connectivity index (χ4v) is 6.28. The number of benzene rings is 1. The van der Waals surface area contributed by atoms with E-state index in [1.54, 1.807) is 12.3 Å². The normalized spacial score (nSPS) is 16.8. The highest BCUT2D eigenvalue weighted by atomic mass is 16.2. The van der Waals surface area contributed by atoms with Crippen molar-refractivity contribution in [2.75, 3.05) is 37.7 Å². The molecule has 0 bridgehead atoms. The number of aromatic nitrogens is 4. The van der Waals surface area contributed by atoms with Gasteiger partial charge in [-0.1, -0.05) is 31.6 Å². The van der Waals surface area contributed by atoms with Crippen molar-refractivity contribution in [2.45, 2.75) is 58.0 Å². The van der Waals surface area contributed by atoms with Gasteiger partial charge < -0.3 is 20.5 Å². The summed E-state index contributed by atoms with van der Waals surface area (Å²) < 4.78 is 2.20. The minimum atomic E-state index is -0.219. The molecule has 2 amide bonds.